The summed E-state index contributed by atoms with van der Waals surface area (Å²) < 4.78 is 6.09. The van der Waals surface area contributed by atoms with Gasteiger partial charge in [-0.25, -0.2) is 0 Å². The van der Waals surface area contributed by atoms with E-state index in [1.165, 1.54) is 51.5 Å². The second-order valence-corrected chi connectivity index (χ2v) is 7.66. The first-order valence-electron chi connectivity index (χ1n) is 7.91. The molecule has 0 radical (unpaired) electrons. The van der Waals surface area contributed by atoms with Crippen molar-refractivity contribution in [3.05, 3.63) is 0 Å². The Hall–Kier alpha value is -0.0800. The quantitative estimate of drug-likeness (QED) is 0.760. The van der Waals surface area contributed by atoms with Gasteiger partial charge in [-0.15, -0.1) is 0 Å². The van der Waals surface area contributed by atoms with E-state index < -0.39 is 0 Å². The minimum absolute atomic E-state index is 0.411. The molecule has 2 unspecified atom stereocenters. The molecule has 1 aliphatic carbocycles. The number of hydrogen-bond donors (Lipinski definition) is 0. The maximum atomic E-state index is 6.09. The molecule has 3 aliphatic rings. The van der Waals surface area contributed by atoms with Gasteiger partial charge in [-0.3, -0.25) is 4.90 Å². The molecule has 1 saturated carbocycles. The first-order chi connectivity index (χ1) is 8.53. The van der Waals surface area contributed by atoms with Gasteiger partial charge in [-0.2, -0.15) is 0 Å². The SMILES string of the molecule is CC(C)(C)C12CCCN1C(COC1CCC1)CC2. The van der Waals surface area contributed by atoms with Crippen LogP contribution in [0.3, 0.4) is 0 Å². The Labute approximate surface area is 112 Å². The zero-order chi connectivity index (χ0) is 12.8. The van der Waals surface area contributed by atoms with Gasteiger partial charge < -0.3 is 4.74 Å². The van der Waals surface area contributed by atoms with Crippen molar-refractivity contribution in [1.82, 2.24) is 4.90 Å². The summed E-state index contributed by atoms with van der Waals surface area (Å²) in [6, 6.07) is 0.701. The molecule has 2 heteroatoms. The highest BCUT2D eigenvalue weighted by Crippen LogP contribution is 2.52. The third-order valence-electron chi connectivity index (χ3n) is 5.84. The Morgan fingerprint density at radius 3 is 2.50 bits per heavy atom. The molecule has 0 aromatic rings. The Morgan fingerprint density at radius 2 is 1.89 bits per heavy atom. The Kier molecular flexibility index (Phi) is 3.22. The Bertz CT molecular complexity index is 305. The Morgan fingerprint density at radius 1 is 1.11 bits per heavy atom. The number of rotatable bonds is 3. The van der Waals surface area contributed by atoms with E-state index in [4.69, 9.17) is 4.74 Å². The van der Waals surface area contributed by atoms with Gasteiger partial charge in [0.15, 0.2) is 0 Å². The Balaban J connectivity index is 1.64. The van der Waals surface area contributed by atoms with E-state index in [-0.39, 0.29) is 0 Å². The fourth-order valence-corrected chi connectivity index (χ4v) is 4.40. The lowest BCUT2D eigenvalue weighted by Gasteiger charge is -2.46. The molecule has 3 rings (SSSR count). The predicted molar refractivity (Wildman–Crippen MR) is 74.7 cm³/mol. The van der Waals surface area contributed by atoms with E-state index in [2.05, 4.69) is 25.7 Å². The molecule has 0 spiro atoms. The standard InChI is InChI=1S/C16H29NO/c1-15(2,3)16-9-5-11-17(16)13(8-10-16)12-18-14-6-4-7-14/h13-14H,4-12H2,1-3H3. The van der Waals surface area contributed by atoms with E-state index in [0.717, 1.165) is 6.61 Å². The topological polar surface area (TPSA) is 12.5 Å². The van der Waals surface area contributed by atoms with Crippen LogP contribution in [0.5, 0.6) is 0 Å². The molecule has 2 aliphatic heterocycles. The van der Waals surface area contributed by atoms with Crippen molar-refractivity contribution in [1.29, 1.82) is 0 Å². The normalized spacial score (nSPS) is 37.8. The van der Waals surface area contributed by atoms with Crippen LogP contribution in [0, 0.1) is 5.41 Å². The molecule has 2 heterocycles. The van der Waals surface area contributed by atoms with E-state index in [1.54, 1.807) is 0 Å². The molecule has 2 atom stereocenters. The van der Waals surface area contributed by atoms with Crippen LogP contribution in [-0.4, -0.2) is 35.7 Å². The van der Waals surface area contributed by atoms with Crippen molar-refractivity contribution in [2.24, 2.45) is 5.41 Å². The summed E-state index contributed by atoms with van der Waals surface area (Å²) in [7, 11) is 0. The summed E-state index contributed by atoms with van der Waals surface area (Å²) in [5, 5.41) is 0. The van der Waals surface area contributed by atoms with Crippen LogP contribution in [0.4, 0.5) is 0 Å². The molecule has 3 fully saturated rings. The van der Waals surface area contributed by atoms with Crippen molar-refractivity contribution in [2.75, 3.05) is 13.2 Å². The first-order valence-corrected chi connectivity index (χ1v) is 7.91. The molecule has 0 aromatic carbocycles. The third kappa shape index (κ3) is 1.92. The van der Waals surface area contributed by atoms with Gasteiger partial charge in [0, 0.05) is 11.6 Å². The highest BCUT2D eigenvalue weighted by Gasteiger charge is 2.55. The fourth-order valence-electron chi connectivity index (χ4n) is 4.40. The van der Waals surface area contributed by atoms with Gasteiger partial charge in [0.25, 0.3) is 0 Å². The van der Waals surface area contributed by atoms with Crippen LogP contribution in [0.25, 0.3) is 0 Å². The summed E-state index contributed by atoms with van der Waals surface area (Å²) in [5.41, 5.74) is 0.884. The van der Waals surface area contributed by atoms with Gasteiger partial charge in [0.05, 0.1) is 12.7 Å². The summed E-state index contributed by atoms with van der Waals surface area (Å²) in [4.78, 5) is 2.81. The molecular formula is C16H29NO. The molecule has 0 aromatic heterocycles. The molecule has 2 nitrogen and oxygen atoms in total. The lowest BCUT2D eigenvalue weighted by Crippen LogP contribution is -2.52. The average Bonchev–Trinajstić information content (AvgIpc) is 2.75. The second kappa shape index (κ2) is 4.49. The van der Waals surface area contributed by atoms with Crippen molar-refractivity contribution in [3.8, 4) is 0 Å². The zero-order valence-corrected chi connectivity index (χ0v) is 12.4. The second-order valence-electron chi connectivity index (χ2n) is 7.66. The highest BCUT2D eigenvalue weighted by molar-refractivity contribution is 5.10. The maximum absolute atomic E-state index is 6.09. The van der Waals surface area contributed by atoms with Crippen LogP contribution in [0.1, 0.15) is 65.7 Å². The lowest BCUT2D eigenvalue weighted by atomic mass is 9.71. The molecule has 2 saturated heterocycles. The van der Waals surface area contributed by atoms with Crippen LogP contribution in [0.2, 0.25) is 0 Å². The summed E-state index contributed by atoms with van der Waals surface area (Å²) in [6.07, 6.45) is 10.1. The van der Waals surface area contributed by atoms with E-state index in [1.807, 2.05) is 0 Å². The van der Waals surface area contributed by atoms with Crippen LogP contribution >= 0.6 is 0 Å². The van der Waals surface area contributed by atoms with Crippen LogP contribution in [-0.2, 0) is 4.74 Å². The molecular weight excluding hydrogens is 222 g/mol. The molecule has 0 N–H and O–H groups in total. The number of fused-ring (bicyclic) bond motifs is 1. The predicted octanol–water partition coefficient (Wildman–Crippen LogP) is 3.60. The van der Waals surface area contributed by atoms with E-state index >= 15 is 0 Å². The molecule has 18 heavy (non-hydrogen) atoms. The minimum Gasteiger partial charge on any atom is -0.377 e. The first kappa shape index (κ1) is 12.9. The van der Waals surface area contributed by atoms with Crippen molar-refractivity contribution >= 4 is 0 Å². The molecule has 0 amide bonds. The lowest BCUT2D eigenvalue weighted by molar-refractivity contribution is -0.0396. The van der Waals surface area contributed by atoms with E-state index in [9.17, 15) is 0 Å². The fraction of sp³-hybridized carbons (Fsp3) is 1.00. The largest absolute Gasteiger partial charge is 0.377 e. The van der Waals surface area contributed by atoms with Gasteiger partial charge in [-0.1, -0.05) is 20.8 Å². The minimum atomic E-state index is 0.411. The summed E-state index contributed by atoms with van der Waals surface area (Å²) in [6.45, 7) is 9.58. The summed E-state index contributed by atoms with van der Waals surface area (Å²) in [5.74, 6) is 0. The van der Waals surface area contributed by atoms with Crippen molar-refractivity contribution in [3.63, 3.8) is 0 Å². The smallest absolute Gasteiger partial charge is 0.0625 e. The molecule has 104 valence electrons. The summed E-state index contributed by atoms with van der Waals surface area (Å²) >= 11 is 0. The number of hydrogen-bond acceptors (Lipinski definition) is 2. The molecule has 0 bridgehead atoms. The number of ether oxygens (including phenoxy) is 1. The third-order valence-corrected chi connectivity index (χ3v) is 5.84. The monoisotopic (exact) mass is 251 g/mol. The maximum Gasteiger partial charge on any atom is 0.0625 e. The van der Waals surface area contributed by atoms with Crippen LogP contribution < -0.4 is 0 Å². The van der Waals surface area contributed by atoms with Gasteiger partial charge in [-0.05, 0) is 56.9 Å². The highest BCUT2D eigenvalue weighted by atomic mass is 16.5. The van der Waals surface area contributed by atoms with Gasteiger partial charge >= 0.3 is 0 Å². The zero-order valence-electron chi connectivity index (χ0n) is 12.4. The van der Waals surface area contributed by atoms with Crippen molar-refractivity contribution in [2.45, 2.75) is 83.4 Å². The van der Waals surface area contributed by atoms with Gasteiger partial charge in [0.2, 0.25) is 0 Å². The van der Waals surface area contributed by atoms with Gasteiger partial charge in [0.1, 0.15) is 0 Å². The van der Waals surface area contributed by atoms with E-state index in [0.29, 0.717) is 23.1 Å². The van der Waals surface area contributed by atoms with Crippen LogP contribution in [0.15, 0.2) is 0 Å². The number of nitrogens with zero attached hydrogens (tertiary/aromatic N) is 1. The average molecular weight is 251 g/mol. The van der Waals surface area contributed by atoms with Crippen molar-refractivity contribution < 1.29 is 4.74 Å².